The fourth-order valence-electron chi connectivity index (χ4n) is 2.16. The molecule has 0 heterocycles. The number of ether oxygens (including phenoxy) is 2. The Kier molecular flexibility index (Phi) is 7.10. The number of hydrogen-bond acceptors (Lipinski definition) is 7. The molecule has 0 bridgehead atoms. The molecule has 1 N–H and O–H groups in total. The highest BCUT2D eigenvalue weighted by Gasteiger charge is 2.21. The van der Waals surface area contributed by atoms with Crippen LogP contribution < -0.4 is 10.1 Å². The van der Waals surface area contributed by atoms with Crippen molar-refractivity contribution >= 4 is 27.6 Å². The molecule has 2 aromatic carbocycles. The Morgan fingerprint density at radius 2 is 1.68 bits per heavy atom. The number of hydrogen-bond donors (Lipinski definition) is 1. The molecule has 1 amide bonds. The molecule has 0 aliphatic heterocycles. The summed E-state index contributed by atoms with van der Waals surface area (Å²) in [4.78, 5) is 28.7. The van der Waals surface area contributed by atoms with Crippen molar-refractivity contribution < 1.29 is 32.3 Å². The van der Waals surface area contributed by atoms with Crippen molar-refractivity contribution in [3.05, 3.63) is 54.1 Å². The number of hydroxylamine groups is 1. The number of benzene rings is 2. The van der Waals surface area contributed by atoms with Crippen molar-refractivity contribution in [2.75, 3.05) is 33.2 Å². The van der Waals surface area contributed by atoms with E-state index in [9.17, 15) is 18.0 Å². The molecule has 28 heavy (non-hydrogen) atoms. The van der Waals surface area contributed by atoms with Crippen LogP contribution in [-0.2, 0) is 24.4 Å². The van der Waals surface area contributed by atoms with E-state index in [1.54, 1.807) is 24.3 Å². The molecular formula is C18H20N2O7S. The highest BCUT2D eigenvalue weighted by molar-refractivity contribution is 7.89. The predicted octanol–water partition coefficient (Wildman–Crippen LogP) is 1.67. The molecule has 0 aliphatic carbocycles. The molecule has 0 radical (unpaired) electrons. The van der Waals surface area contributed by atoms with E-state index in [2.05, 4.69) is 10.2 Å². The van der Waals surface area contributed by atoms with E-state index in [4.69, 9.17) is 9.47 Å². The standard InChI is InChI=1S/C18H20N2O7S/c1-20(26-3)28(23,24)14-10-8-13(9-11-14)18(22)27-12-17(21)19-15-6-4-5-7-16(15)25-2/h4-11H,12H2,1-3H3,(H,19,21). The Hall–Kier alpha value is -2.95. The van der Waals surface area contributed by atoms with E-state index in [0.29, 0.717) is 15.9 Å². The van der Waals surface area contributed by atoms with Crippen molar-refractivity contribution in [3.8, 4) is 5.75 Å². The molecule has 0 unspecified atom stereocenters. The number of carbonyl (C=O) groups is 2. The molecule has 0 atom stereocenters. The molecule has 0 aliphatic rings. The Labute approximate surface area is 162 Å². The lowest BCUT2D eigenvalue weighted by Gasteiger charge is -2.14. The first-order chi connectivity index (χ1) is 13.3. The van der Waals surface area contributed by atoms with Crippen LogP contribution in [0, 0.1) is 0 Å². The second-order valence-electron chi connectivity index (χ2n) is 5.45. The van der Waals surface area contributed by atoms with Crippen LogP contribution in [0.1, 0.15) is 10.4 Å². The molecule has 0 saturated carbocycles. The zero-order valence-electron chi connectivity index (χ0n) is 15.5. The van der Waals surface area contributed by atoms with Gasteiger partial charge in [0.2, 0.25) is 0 Å². The van der Waals surface area contributed by atoms with Gasteiger partial charge in [-0.05, 0) is 36.4 Å². The minimum absolute atomic E-state index is 0.0534. The molecule has 2 aromatic rings. The fraction of sp³-hybridized carbons (Fsp3) is 0.222. The Bertz CT molecular complexity index is 943. The number of carbonyl (C=O) groups excluding carboxylic acids is 2. The van der Waals surface area contributed by atoms with Gasteiger partial charge >= 0.3 is 5.97 Å². The second kappa shape index (κ2) is 9.31. The van der Waals surface area contributed by atoms with Gasteiger partial charge in [-0.1, -0.05) is 16.6 Å². The van der Waals surface area contributed by atoms with Crippen molar-refractivity contribution in [2.45, 2.75) is 4.90 Å². The van der Waals surface area contributed by atoms with Crippen LogP contribution in [0.5, 0.6) is 5.75 Å². The van der Waals surface area contributed by atoms with Crippen LogP contribution >= 0.6 is 0 Å². The Balaban J connectivity index is 1.97. The van der Waals surface area contributed by atoms with Gasteiger partial charge in [0.25, 0.3) is 15.9 Å². The topological polar surface area (TPSA) is 111 Å². The number of sulfonamides is 1. The molecule has 0 saturated heterocycles. The number of nitrogens with zero attached hydrogens (tertiary/aromatic N) is 1. The summed E-state index contributed by atoms with van der Waals surface area (Å²) in [6.07, 6.45) is 0. The van der Waals surface area contributed by atoms with Gasteiger partial charge in [-0.3, -0.25) is 9.63 Å². The zero-order chi connectivity index (χ0) is 20.7. The lowest BCUT2D eigenvalue weighted by atomic mass is 10.2. The van der Waals surface area contributed by atoms with Crippen LogP contribution in [0.2, 0.25) is 0 Å². The lowest BCUT2D eigenvalue weighted by molar-refractivity contribution is -0.119. The van der Waals surface area contributed by atoms with Gasteiger partial charge in [0, 0.05) is 7.05 Å². The first-order valence-electron chi connectivity index (χ1n) is 8.02. The number of methoxy groups -OCH3 is 1. The summed E-state index contributed by atoms with van der Waals surface area (Å²) in [6, 6.07) is 11.9. The number of rotatable bonds is 8. The third-order valence-electron chi connectivity index (χ3n) is 3.70. The van der Waals surface area contributed by atoms with Crippen LogP contribution in [0.3, 0.4) is 0 Å². The predicted molar refractivity (Wildman–Crippen MR) is 100 cm³/mol. The van der Waals surface area contributed by atoms with Gasteiger partial charge in [-0.25, -0.2) is 13.2 Å². The van der Waals surface area contributed by atoms with Crippen molar-refractivity contribution in [1.82, 2.24) is 4.47 Å². The van der Waals surface area contributed by atoms with E-state index < -0.39 is 28.5 Å². The third kappa shape index (κ3) is 5.06. The van der Waals surface area contributed by atoms with E-state index in [1.165, 1.54) is 45.5 Å². The SMILES string of the molecule is COc1ccccc1NC(=O)COC(=O)c1ccc(S(=O)(=O)N(C)OC)cc1. The molecule has 0 fully saturated rings. The van der Waals surface area contributed by atoms with Gasteiger partial charge in [0.1, 0.15) is 5.75 Å². The molecule has 10 heteroatoms. The number of amides is 1. The summed E-state index contributed by atoms with van der Waals surface area (Å²) in [6.45, 7) is -0.511. The van der Waals surface area contributed by atoms with Crippen molar-refractivity contribution in [2.24, 2.45) is 0 Å². The van der Waals surface area contributed by atoms with Crippen LogP contribution in [0.4, 0.5) is 5.69 Å². The summed E-state index contributed by atoms with van der Waals surface area (Å²) in [5.74, 6) is -0.835. The van der Waals surface area contributed by atoms with Gasteiger partial charge in [-0.2, -0.15) is 0 Å². The maximum absolute atomic E-state index is 12.1. The molecule has 0 spiro atoms. The van der Waals surface area contributed by atoms with E-state index in [-0.39, 0.29) is 10.5 Å². The largest absolute Gasteiger partial charge is 0.495 e. The quantitative estimate of drug-likeness (QED) is 0.522. The molecule has 150 valence electrons. The van der Waals surface area contributed by atoms with Gasteiger partial charge in [0.15, 0.2) is 6.61 Å². The van der Waals surface area contributed by atoms with E-state index in [0.717, 1.165) is 0 Å². The van der Waals surface area contributed by atoms with Gasteiger partial charge in [-0.15, -0.1) is 0 Å². The number of nitrogens with one attached hydrogen (secondary N) is 1. The number of para-hydroxylation sites is 2. The Morgan fingerprint density at radius 1 is 1.04 bits per heavy atom. The van der Waals surface area contributed by atoms with Crippen LogP contribution in [-0.4, -0.2) is 52.6 Å². The van der Waals surface area contributed by atoms with E-state index in [1.807, 2.05) is 0 Å². The first-order valence-corrected chi connectivity index (χ1v) is 9.46. The molecule has 2 rings (SSSR count). The van der Waals surface area contributed by atoms with Crippen molar-refractivity contribution in [1.29, 1.82) is 0 Å². The zero-order valence-corrected chi connectivity index (χ0v) is 16.4. The highest BCUT2D eigenvalue weighted by Crippen LogP contribution is 2.22. The molecular weight excluding hydrogens is 388 g/mol. The minimum Gasteiger partial charge on any atom is -0.495 e. The normalized spacial score (nSPS) is 11.1. The van der Waals surface area contributed by atoms with Crippen LogP contribution in [0.25, 0.3) is 0 Å². The number of anilines is 1. The maximum Gasteiger partial charge on any atom is 0.338 e. The number of esters is 1. The smallest absolute Gasteiger partial charge is 0.338 e. The lowest BCUT2D eigenvalue weighted by Crippen LogP contribution is -2.25. The summed E-state index contributed by atoms with van der Waals surface area (Å²) in [7, 11) is 0.126. The summed E-state index contributed by atoms with van der Waals surface area (Å²) >= 11 is 0. The van der Waals surface area contributed by atoms with Gasteiger partial charge < -0.3 is 14.8 Å². The first kappa shape index (κ1) is 21.4. The maximum atomic E-state index is 12.1. The third-order valence-corrected chi connectivity index (χ3v) is 5.39. The average Bonchev–Trinajstić information content (AvgIpc) is 2.71. The van der Waals surface area contributed by atoms with E-state index >= 15 is 0 Å². The van der Waals surface area contributed by atoms with Crippen LogP contribution in [0.15, 0.2) is 53.4 Å². The fourth-order valence-corrected chi connectivity index (χ4v) is 3.13. The van der Waals surface area contributed by atoms with Crippen molar-refractivity contribution in [3.63, 3.8) is 0 Å². The Morgan fingerprint density at radius 3 is 2.29 bits per heavy atom. The summed E-state index contributed by atoms with van der Waals surface area (Å²) in [5, 5.41) is 2.58. The minimum atomic E-state index is -3.82. The average molecular weight is 408 g/mol. The molecule has 9 nitrogen and oxygen atoms in total. The second-order valence-corrected chi connectivity index (χ2v) is 7.38. The monoisotopic (exact) mass is 408 g/mol. The summed E-state index contributed by atoms with van der Waals surface area (Å²) < 4.78 is 35.0. The summed E-state index contributed by atoms with van der Waals surface area (Å²) in [5.41, 5.74) is 0.548. The highest BCUT2D eigenvalue weighted by atomic mass is 32.2. The molecule has 0 aromatic heterocycles. The van der Waals surface area contributed by atoms with Gasteiger partial charge in [0.05, 0.1) is 30.4 Å².